The van der Waals surface area contributed by atoms with Gasteiger partial charge in [-0.05, 0) is 147 Å². The van der Waals surface area contributed by atoms with Crippen molar-refractivity contribution in [1.82, 2.24) is 0 Å². The van der Waals surface area contributed by atoms with Gasteiger partial charge < -0.3 is 45.0 Å². The average Bonchev–Trinajstić information content (AvgIpc) is 1.58. The molecule has 12 unspecified atom stereocenters. The summed E-state index contributed by atoms with van der Waals surface area (Å²) in [5, 5.41) is -2.60. The van der Waals surface area contributed by atoms with Gasteiger partial charge in [-0.15, -0.1) is 0 Å². The van der Waals surface area contributed by atoms with E-state index in [1.54, 1.807) is 0 Å². The van der Waals surface area contributed by atoms with Crippen LogP contribution in [0.2, 0.25) is 0 Å². The molecule has 12 nitrogen and oxygen atoms in total. The summed E-state index contributed by atoms with van der Waals surface area (Å²) in [4.78, 5) is 25.3. The van der Waals surface area contributed by atoms with Gasteiger partial charge in [0.1, 0.15) is 23.0 Å². The molecule has 2 aromatic heterocycles. The van der Waals surface area contributed by atoms with Gasteiger partial charge in [0.05, 0.1) is 25.4 Å². The van der Waals surface area contributed by atoms with E-state index in [9.17, 15) is 53.1 Å². The SMILES string of the molecule is CCCCCCCCCCCCc1ccc(-[s+]2ccc3ccccc32)cc1.CCCCCCCCCCCCc1ccc(-[s+]2ccc3ccccc32)cc1.O=C(OC1C2CC3COC1C3C2)C(F)(F)S(=O)(=O)[O-].O=C(OC1C2CC3COC1C3C2)C(F)(F)S(=O)(=O)[O-].[Br-].[Na+]. The fourth-order valence-electron chi connectivity index (χ4n) is 14.7. The molecule has 6 fully saturated rings. The summed E-state index contributed by atoms with van der Waals surface area (Å²) in [5.74, 6) is -3.67. The van der Waals surface area contributed by atoms with Crippen molar-refractivity contribution in [2.24, 2.45) is 35.5 Å². The molecule has 4 aromatic carbocycles. The van der Waals surface area contributed by atoms with Crippen LogP contribution in [-0.4, -0.2) is 86.0 Å². The summed E-state index contributed by atoms with van der Waals surface area (Å²) >= 11 is 0. The van der Waals surface area contributed by atoms with E-state index in [1.165, 1.54) is 182 Å². The fraction of sp³-hybridized carbons (Fsp3) is 0.583. The van der Waals surface area contributed by atoms with Crippen LogP contribution in [0.5, 0.6) is 0 Å². The molecule has 0 amide bonds. The number of benzene rings is 4. The maximum Gasteiger partial charge on any atom is 1.00 e. The number of alkyl halides is 4. The quantitative estimate of drug-likeness (QED) is 0.0104. The Balaban J connectivity index is 0.000000178. The molecule has 12 atom stereocenters. The minimum atomic E-state index is -6.07. The first-order valence-electron chi connectivity index (χ1n) is 33.7. The number of hydrogen-bond acceptors (Lipinski definition) is 12. The molecule has 2 aliphatic heterocycles. The molecule has 6 aromatic rings. The average molecular weight is 1460 g/mol. The van der Waals surface area contributed by atoms with Crippen molar-refractivity contribution < 1.29 is 119 Å². The molecular weight excluding hydrogens is 1360 g/mol. The van der Waals surface area contributed by atoms with E-state index in [2.05, 4.69) is 143 Å². The molecule has 22 heteroatoms. The number of ether oxygens (including phenoxy) is 4. The summed E-state index contributed by atoms with van der Waals surface area (Å²) in [7, 11) is -11.9. The monoisotopic (exact) mass is 1450 g/mol. The van der Waals surface area contributed by atoms with Crippen LogP contribution in [0.3, 0.4) is 0 Å². The first-order valence-corrected chi connectivity index (χ1v) is 39.1. The van der Waals surface area contributed by atoms with Gasteiger partial charge >= 0.3 is 52.0 Å². The minimum Gasteiger partial charge on any atom is -1.00 e. The van der Waals surface area contributed by atoms with Crippen LogP contribution in [0, 0.1) is 35.5 Å². The molecule has 4 aliphatic carbocycles. The second-order valence-electron chi connectivity index (χ2n) is 26.1. The van der Waals surface area contributed by atoms with Crippen LogP contribution in [0.1, 0.15) is 179 Å². The van der Waals surface area contributed by atoms with Gasteiger partial charge in [0.2, 0.25) is 0 Å². The fourth-order valence-corrected chi connectivity index (χ4v) is 19.0. The molecule has 0 N–H and O–H groups in total. The van der Waals surface area contributed by atoms with Crippen molar-refractivity contribution in [3.63, 3.8) is 0 Å². The molecule has 12 rings (SSSR count). The zero-order valence-corrected chi connectivity index (χ0v) is 61.4. The Bertz CT molecular complexity index is 3320. The molecule has 0 spiro atoms. The maximum absolute atomic E-state index is 13.0. The second-order valence-corrected chi connectivity index (χ2v) is 32.7. The maximum atomic E-state index is 13.0. The first kappa shape index (κ1) is 78.0. The molecule has 4 heterocycles. The Morgan fingerprint density at radius 3 is 1.12 bits per heavy atom. The molecule has 4 bridgehead atoms. The van der Waals surface area contributed by atoms with E-state index in [0.29, 0.717) is 25.0 Å². The third-order valence-electron chi connectivity index (χ3n) is 19.7. The number of rotatable bonds is 30. The van der Waals surface area contributed by atoms with Crippen LogP contribution < -0.4 is 46.5 Å². The van der Waals surface area contributed by atoms with Gasteiger partial charge in [0.15, 0.2) is 39.4 Å². The number of unbranched alkanes of at least 4 members (excludes halogenated alkanes) is 18. The number of aryl methyl sites for hydroxylation is 2. The molecular formula is C72H92BrF4NaO12S4. The van der Waals surface area contributed by atoms with Crippen molar-refractivity contribution in [2.45, 2.75) is 216 Å². The van der Waals surface area contributed by atoms with Gasteiger partial charge in [0, 0.05) is 43.8 Å². The number of carbonyl (C=O) groups excluding carboxylic acids is 2. The van der Waals surface area contributed by atoms with Crippen LogP contribution >= 0.6 is 20.9 Å². The van der Waals surface area contributed by atoms with Gasteiger partial charge in [-0.3, -0.25) is 0 Å². The summed E-state index contributed by atoms with van der Waals surface area (Å²) in [5.41, 5.74) is 3.00. The predicted molar refractivity (Wildman–Crippen MR) is 355 cm³/mol. The molecule has 6 aliphatic rings. The van der Waals surface area contributed by atoms with Gasteiger partial charge in [-0.1, -0.05) is 178 Å². The number of hydrogen-bond donors (Lipinski definition) is 0. The molecule has 2 saturated heterocycles. The Morgan fingerprint density at radius 2 is 0.787 bits per heavy atom. The first-order chi connectivity index (χ1) is 44.2. The summed E-state index contributed by atoms with van der Waals surface area (Å²) < 4.78 is 137. The van der Waals surface area contributed by atoms with E-state index in [1.807, 2.05) is 0 Å². The molecule has 4 saturated carbocycles. The minimum absolute atomic E-state index is 0. The Labute approximate surface area is 592 Å². The van der Waals surface area contributed by atoms with E-state index in [-0.39, 0.29) is 91.2 Å². The standard InChI is InChI=1S/2C26H35S.2C10H12F2O6S.BrH.Na/c2*1-2-3-4-5-6-7-8-9-10-11-14-23-17-19-25(20-18-23)27-22-21-24-15-12-13-16-26(24)27;2*11-10(12,19(14,15)16)9(13)18-7-4-1-5-3-17-8(7)6(5)2-4;;/h2*12-13,15-22H,2-11,14H2,1H3;2*4-8H,1-3H2,(H,14,15,16);1H;/q2*+1;;;;+1/p-3. The Hall–Kier alpha value is -3.32. The van der Waals surface area contributed by atoms with Crippen molar-refractivity contribution in [1.29, 1.82) is 0 Å². The largest absolute Gasteiger partial charge is 1.00 e. The third-order valence-corrected chi connectivity index (χ3v) is 25.3. The normalized spacial score (nSPS) is 23.3. The van der Waals surface area contributed by atoms with E-state index < -0.39 is 67.1 Å². The van der Waals surface area contributed by atoms with Gasteiger partial charge in [0.25, 0.3) is 0 Å². The Morgan fingerprint density at radius 1 is 0.468 bits per heavy atom. The van der Waals surface area contributed by atoms with Crippen LogP contribution in [0.25, 0.3) is 30.0 Å². The zero-order valence-electron chi connectivity index (χ0n) is 54.5. The van der Waals surface area contributed by atoms with Crippen molar-refractivity contribution >= 4 is 73.3 Å². The third kappa shape index (κ3) is 20.0. The van der Waals surface area contributed by atoms with Crippen LogP contribution in [-0.2, 0) is 61.6 Å². The number of thiophene rings is 2. The van der Waals surface area contributed by atoms with E-state index in [4.69, 9.17) is 9.47 Å². The van der Waals surface area contributed by atoms with Crippen LogP contribution in [0.15, 0.2) is 120 Å². The summed E-state index contributed by atoms with van der Waals surface area (Å²) in [6.07, 6.45) is 30.9. The van der Waals surface area contributed by atoms with Gasteiger partial charge in [-0.2, -0.15) is 17.6 Å². The van der Waals surface area contributed by atoms with E-state index >= 15 is 0 Å². The summed E-state index contributed by atoms with van der Waals surface area (Å²) in [6, 6.07) is 40.9. The summed E-state index contributed by atoms with van der Waals surface area (Å²) in [6.45, 7) is 5.60. The Kier molecular flexibility index (Phi) is 30.4. The molecule has 512 valence electrons. The van der Waals surface area contributed by atoms with Crippen molar-refractivity contribution in [2.75, 3.05) is 13.2 Å². The predicted octanol–water partition coefficient (Wildman–Crippen LogP) is 12.3. The van der Waals surface area contributed by atoms with E-state index in [0.717, 1.165) is 25.7 Å². The second kappa shape index (κ2) is 36.7. The van der Waals surface area contributed by atoms with Crippen LogP contribution in [0.4, 0.5) is 17.6 Å². The number of carbonyl (C=O) groups is 2. The van der Waals surface area contributed by atoms with Crippen molar-refractivity contribution in [3.8, 4) is 9.79 Å². The van der Waals surface area contributed by atoms with Gasteiger partial charge in [-0.25, -0.2) is 26.4 Å². The molecule has 94 heavy (non-hydrogen) atoms. The number of halogens is 5. The smallest absolute Gasteiger partial charge is 1.00 e. The topological polar surface area (TPSA) is 185 Å². The number of esters is 2. The number of fused-ring (bicyclic) bond motifs is 4. The van der Waals surface area contributed by atoms with Crippen molar-refractivity contribution in [3.05, 3.63) is 131 Å². The molecule has 0 radical (unpaired) electrons. The zero-order chi connectivity index (χ0) is 65.5.